The summed E-state index contributed by atoms with van der Waals surface area (Å²) >= 11 is 1.65. The van der Waals surface area contributed by atoms with E-state index < -0.39 is 10.0 Å². The second-order valence-corrected chi connectivity index (χ2v) is 9.76. The number of aromatic nitrogens is 2. The minimum Gasteiger partial charge on any atom is -0.359 e. The van der Waals surface area contributed by atoms with E-state index in [1.165, 1.54) is 22.1 Å². The molecule has 4 aromatic rings. The van der Waals surface area contributed by atoms with Gasteiger partial charge in [0.05, 0.1) is 33.2 Å². The third-order valence-corrected chi connectivity index (χ3v) is 7.00. The van der Waals surface area contributed by atoms with Gasteiger partial charge in [-0.2, -0.15) is 0 Å². The van der Waals surface area contributed by atoms with Crippen molar-refractivity contribution in [2.45, 2.75) is 32.1 Å². The first kappa shape index (κ1) is 19.0. The SMILES string of the molecule is CCC(CC)(c1ccc2ncsc2c1)c1c[nH]c2c(NS(C)(=O)=O)cccc12. The van der Waals surface area contributed by atoms with E-state index in [4.69, 9.17) is 0 Å². The zero-order valence-electron chi connectivity index (χ0n) is 16.1. The largest absolute Gasteiger partial charge is 0.359 e. The molecule has 7 heteroatoms. The summed E-state index contributed by atoms with van der Waals surface area (Å²) in [6.45, 7) is 4.41. The van der Waals surface area contributed by atoms with Crippen LogP contribution in [0.4, 0.5) is 5.69 Å². The molecule has 0 radical (unpaired) electrons. The van der Waals surface area contributed by atoms with Crippen LogP contribution in [-0.4, -0.2) is 24.6 Å². The van der Waals surface area contributed by atoms with E-state index in [1.807, 2.05) is 17.8 Å². The molecule has 0 aliphatic heterocycles. The second-order valence-electron chi connectivity index (χ2n) is 7.13. The number of hydrogen-bond donors (Lipinski definition) is 2. The number of nitrogens with one attached hydrogen (secondary N) is 2. The van der Waals surface area contributed by atoms with Crippen molar-refractivity contribution >= 4 is 48.2 Å². The van der Waals surface area contributed by atoms with Crippen molar-refractivity contribution in [1.82, 2.24) is 9.97 Å². The maximum absolute atomic E-state index is 11.8. The number of aromatic amines is 1. The van der Waals surface area contributed by atoms with Crippen LogP contribution >= 0.6 is 11.3 Å². The number of benzene rings is 2. The Morgan fingerprint density at radius 3 is 2.68 bits per heavy atom. The molecule has 0 amide bonds. The quantitative estimate of drug-likeness (QED) is 0.453. The Hall–Kier alpha value is -2.38. The molecule has 5 nitrogen and oxygen atoms in total. The van der Waals surface area contributed by atoms with Crippen molar-refractivity contribution in [3.63, 3.8) is 0 Å². The highest BCUT2D eigenvalue weighted by Gasteiger charge is 2.33. The summed E-state index contributed by atoms with van der Waals surface area (Å²) in [6.07, 6.45) is 5.07. The Bertz CT molecular complexity index is 1250. The summed E-state index contributed by atoms with van der Waals surface area (Å²) in [5.41, 5.74) is 6.57. The minimum atomic E-state index is -3.35. The van der Waals surface area contributed by atoms with Gasteiger partial charge in [-0.1, -0.05) is 32.0 Å². The lowest BCUT2D eigenvalue weighted by Crippen LogP contribution is -2.25. The minimum absolute atomic E-state index is 0.167. The van der Waals surface area contributed by atoms with Crippen LogP contribution in [0.25, 0.3) is 21.1 Å². The molecule has 0 bridgehead atoms. The van der Waals surface area contributed by atoms with Crippen LogP contribution in [-0.2, 0) is 15.4 Å². The van der Waals surface area contributed by atoms with Crippen molar-refractivity contribution in [3.05, 3.63) is 59.2 Å². The van der Waals surface area contributed by atoms with Crippen LogP contribution in [0.2, 0.25) is 0 Å². The zero-order valence-corrected chi connectivity index (χ0v) is 17.7. The number of fused-ring (bicyclic) bond motifs is 2. The Morgan fingerprint density at radius 1 is 1.18 bits per heavy atom. The molecule has 2 N–H and O–H groups in total. The number of nitrogens with zero attached hydrogens (tertiary/aromatic N) is 1. The summed E-state index contributed by atoms with van der Waals surface area (Å²) in [7, 11) is -3.35. The third-order valence-electron chi connectivity index (χ3n) is 5.62. The highest BCUT2D eigenvalue weighted by Crippen LogP contribution is 2.44. The zero-order chi connectivity index (χ0) is 19.9. The molecule has 2 aromatic carbocycles. The van der Waals surface area contributed by atoms with Crippen LogP contribution in [0.3, 0.4) is 0 Å². The summed E-state index contributed by atoms with van der Waals surface area (Å²) in [6, 6.07) is 12.2. The lowest BCUT2D eigenvalue weighted by Gasteiger charge is -2.32. The van der Waals surface area contributed by atoms with E-state index in [2.05, 4.69) is 52.8 Å². The Balaban J connectivity index is 1.93. The molecule has 0 spiro atoms. The van der Waals surface area contributed by atoms with Gasteiger partial charge in [-0.15, -0.1) is 11.3 Å². The van der Waals surface area contributed by atoms with E-state index in [0.29, 0.717) is 5.69 Å². The molecule has 2 aromatic heterocycles. The average molecular weight is 414 g/mol. The first-order valence-electron chi connectivity index (χ1n) is 9.30. The van der Waals surface area contributed by atoms with Crippen molar-refractivity contribution in [1.29, 1.82) is 0 Å². The van der Waals surface area contributed by atoms with Crippen molar-refractivity contribution in [2.75, 3.05) is 11.0 Å². The topological polar surface area (TPSA) is 74.8 Å². The predicted molar refractivity (Wildman–Crippen MR) is 118 cm³/mol. The summed E-state index contributed by atoms with van der Waals surface area (Å²) < 4.78 is 27.3. The molecule has 0 atom stereocenters. The molecular weight excluding hydrogens is 390 g/mol. The molecule has 146 valence electrons. The van der Waals surface area contributed by atoms with E-state index in [0.717, 1.165) is 29.3 Å². The summed E-state index contributed by atoms with van der Waals surface area (Å²) in [4.78, 5) is 7.72. The Morgan fingerprint density at radius 2 is 1.96 bits per heavy atom. The lowest BCUT2D eigenvalue weighted by atomic mass is 9.70. The molecule has 0 saturated heterocycles. The standard InChI is InChI=1S/C21H23N3O2S2/c1-4-21(5-2,14-9-10-17-19(11-14)27-13-23-17)16-12-22-20-15(16)7-6-8-18(20)24-28(3,25)26/h6-13,22,24H,4-5H2,1-3H3. The molecule has 0 aliphatic rings. The van der Waals surface area contributed by atoms with Gasteiger partial charge in [0.25, 0.3) is 0 Å². The molecular formula is C21H23N3O2S2. The number of rotatable bonds is 6. The van der Waals surface area contributed by atoms with Gasteiger partial charge in [-0.25, -0.2) is 13.4 Å². The van der Waals surface area contributed by atoms with Crippen LogP contribution in [0.1, 0.15) is 37.8 Å². The Kier molecular flexibility index (Phi) is 4.67. The van der Waals surface area contributed by atoms with Gasteiger partial charge >= 0.3 is 0 Å². The van der Waals surface area contributed by atoms with Crippen LogP contribution in [0.5, 0.6) is 0 Å². The summed E-state index contributed by atoms with van der Waals surface area (Å²) in [5.74, 6) is 0. The number of para-hydroxylation sites is 1. The van der Waals surface area contributed by atoms with Crippen molar-refractivity contribution in [2.24, 2.45) is 0 Å². The van der Waals surface area contributed by atoms with E-state index in [1.54, 1.807) is 17.4 Å². The highest BCUT2D eigenvalue weighted by atomic mass is 32.2. The fourth-order valence-electron chi connectivity index (χ4n) is 4.18. The molecule has 0 fully saturated rings. The summed E-state index contributed by atoms with van der Waals surface area (Å²) in [5, 5.41) is 1.04. The molecule has 0 aliphatic carbocycles. The van der Waals surface area contributed by atoms with Gasteiger partial charge in [0.1, 0.15) is 0 Å². The molecule has 0 saturated carbocycles. The van der Waals surface area contributed by atoms with Crippen LogP contribution in [0.15, 0.2) is 48.1 Å². The van der Waals surface area contributed by atoms with Crippen molar-refractivity contribution < 1.29 is 8.42 Å². The maximum Gasteiger partial charge on any atom is 0.229 e. The first-order chi connectivity index (χ1) is 13.4. The smallest absolute Gasteiger partial charge is 0.229 e. The van der Waals surface area contributed by atoms with Gasteiger partial charge < -0.3 is 4.98 Å². The van der Waals surface area contributed by atoms with E-state index >= 15 is 0 Å². The number of thiazole rings is 1. The van der Waals surface area contributed by atoms with Gasteiger partial charge in [0, 0.05) is 17.0 Å². The second kappa shape index (κ2) is 6.90. The monoisotopic (exact) mass is 413 g/mol. The van der Waals surface area contributed by atoms with Crippen LogP contribution < -0.4 is 4.72 Å². The lowest BCUT2D eigenvalue weighted by molar-refractivity contribution is 0.482. The molecule has 2 heterocycles. The number of H-pyrrole nitrogens is 1. The molecule has 0 unspecified atom stereocenters. The molecule has 28 heavy (non-hydrogen) atoms. The fraction of sp³-hybridized carbons (Fsp3) is 0.286. The number of anilines is 1. The third kappa shape index (κ3) is 3.08. The van der Waals surface area contributed by atoms with Gasteiger partial charge in [-0.05, 0) is 42.2 Å². The number of sulfonamides is 1. The normalized spacial score (nSPS) is 12.7. The van der Waals surface area contributed by atoms with E-state index in [9.17, 15) is 8.42 Å². The molecule has 4 rings (SSSR count). The highest BCUT2D eigenvalue weighted by molar-refractivity contribution is 7.92. The van der Waals surface area contributed by atoms with Gasteiger partial charge in [-0.3, -0.25) is 4.72 Å². The Labute approximate surface area is 168 Å². The average Bonchev–Trinajstić information content (AvgIpc) is 3.30. The maximum atomic E-state index is 11.8. The van der Waals surface area contributed by atoms with Gasteiger partial charge in [0.15, 0.2) is 0 Å². The van der Waals surface area contributed by atoms with Crippen LogP contribution in [0, 0.1) is 0 Å². The predicted octanol–water partition coefficient (Wildman–Crippen LogP) is 5.26. The van der Waals surface area contributed by atoms with Crippen molar-refractivity contribution in [3.8, 4) is 0 Å². The van der Waals surface area contributed by atoms with Gasteiger partial charge in [0.2, 0.25) is 10.0 Å². The van der Waals surface area contributed by atoms with E-state index in [-0.39, 0.29) is 5.41 Å². The fourth-order valence-corrected chi connectivity index (χ4v) is 5.47. The first-order valence-corrected chi connectivity index (χ1v) is 12.1. The number of hydrogen-bond acceptors (Lipinski definition) is 4.